The van der Waals surface area contributed by atoms with E-state index in [4.69, 9.17) is 4.74 Å². The third-order valence-corrected chi connectivity index (χ3v) is 2.81. The predicted octanol–water partition coefficient (Wildman–Crippen LogP) is 2.23. The van der Waals surface area contributed by atoms with Crippen molar-refractivity contribution in [3.63, 3.8) is 0 Å². The summed E-state index contributed by atoms with van der Waals surface area (Å²) in [5, 5.41) is 3.04. The van der Waals surface area contributed by atoms with Crippen molar-refractivity contribution in [3.05, 3.63) is 29.8 Å². The van der Waals surface area contributed by atoms with E-state index >= 15 is 0 Å². The number of nitrogens with one attached hydrogen (secondary N) is 1. The molecule has 0 heterocycles. The van der Waals surface area contributed by atoms with Crippen molar-refractivity contribution in [1.29, 1.82) is 0 Å². The summed E-state index contributed by atoms with van der Waals surface area (Å²) in [6, 6.07) is 7.55. The van der Waals surface area contributed by atoms with Crippen molar-refractivity contribution >= 4 is 11.6 Å². The largest absolute Gasteiger partial charge is 0.387 e. The molecule has 1 N–H and O–H groups in total. The molecule has 0 fully saturated rings. The summed E-state index contributed by atoms with van der Waals surface area (Å²) in [6.07, 6.45) is 0. The highest BCUT2D eigenvalue weighted by Gasteiger charge is 2.16. The van der Waals surface area contributed by atoms with Crippen molar-refractivity contribution in [2.45, 2.75) is 13.8 Å². The maximum Gasteiger partial charge on any atom is 0.256 e. The molecule has 0 aromatic heterocycles. The predicted molar refractivity (Wildman–Crippen MR) is 74.1 cm³/mol. The Morgan fingerprint density at radius 1 is 1.33 bits per heavy atom. The quantitative estimate of drug-likeness (QED) is 0.754. The van der Waals surface area contributed by atoms with E-state index in [2.05, 4.69) is 5.32 Å². The second-order valence-corrected chi connectivity index (χ2v) is 3.88. The number of hydrogen-bond donors (Lipinski definition) is 1. The first-order valence-corrected chi connectivity index (χ1v) is 6.38. The van der Waals surface area contributed by atoms with E-state index in [-0.39, 0.29) is 5.91 Å². The second kappa shape index (κ2) is 7.71. The number of ether oxygens (including phenoxy) is 1. The smallest absolute Gasteiger partial charge is 0.256 e. The molecule has 0 spiro atoms. The Morgan fingerprint density at radius 3 is 2.67 bits per heavy atom. The van der Waals surface area contributed by atoms with Gasteiger partial charge in [-0.1, -0.05) is 12.1 Å². The fourth-order valence-corrected chi connectivity index (χ4v) is 1.78. The molecule has 0 saturated carbocycles. The average Bonchev–Trinajstić information content (AvgIpc) is 2.43. The minimum absolute atomic E-state index is 0.0437. The van der Waals surface area contributed by atoms with Gasteiger partial charge in [-0.05, 0) is 26.0 Å². The summed E-state index contributed by atoms with van der Waals surface area (Å²) >= 11 is 0. The number of rotatable bonds is 7. The van der Waals surface area contributed by atoms with Crippen LogP contribution in [0.4, 0.5) is 5.69 Å². The summed E-state index contributed by atoms with van der Waals surface area (Å²) in [6.45, 7) is 6.50. The maximum atomic E-state index is 12.4. The summed E-state index contributed by atoms with van der Waals surface area (Å²) in [5.74, 6) is 0.0437. The van der Waals surface area contributed by atoms with Gasteiger partial charge in [0.1, 0.15) is 0 Å². The molecule has 0 unspecified atom stereocenters. The van der Waals surface area contributed by atoms with Gasteiger partial charge >= 0.3 is 0 Å². The number of nitrogens with zero attached hydrogens (tertiary/aromatic N) is 1. The molecule has 100 valence electrons. The van der Waals surface area contributed by atoms with Crippen LogP contribution in [0.1, 0.15) is 24.2 Å². The summed E-state index contributed by atoms with van der Waals surface area (Å²) in [4.78, 5) is 14.2. The second-order valence-electron chi connectivity index (χ2n) is 3.88. The molecule has 0 atom stereocenters. The fourth-order valence-electron chi connectivity index (χ4n) is 1.78. The lowest BCUT2D eigenvalue weighted by atomic mass is 10.1. The molecule has 0 radical (unpaired) electrons. The van der Waals surface area contributed by atoms with Gasteiger partial charge in [-0.25, -0.2) is 0 Å². The molecule has 0 saturated heterocycles. The SMILES string of the molecule is CCOCCN(CC)C(=O)c1ccccc1NC. The monoisotopic (exact) mass is 250 g/mol. The average molecular weight is 250 g/mol. The van der Waals surface area contributed by atoms with Crippen LogP contribution >= 0.6 is 0 Å². The number of anilines is 1. The van der Waals surface area contributed by atoms with Crippen LogP contribution in [-0.2, 0) is 4.74 Å². The topological polar surface area (TPSA) is 41.6 Å². The van der Waals surface area contributed by atoms with Crippen molar-refractivity contribution in [3.8, 4) is 0 Å². The molecular formula is C14H22N2O2. The number of carbonyl (C=O) groups excluding carboxylic acids is 1. The first kappa shape index (κ1) is 14.5. The third kappa shape index (κ3) is 3.74. The lowest BCUT2D eigenvalue weighted by Gasteiger charge is -2.22. The normalized spacial score (nSPS) is 10.2. The highest BCUT2D eigenvalue weighted by molar-refractivity contribution is 5.99. The maximum absolute atomic E-state index is 12.4. The molecular weight excluding hydrogens is 228 g/mol. The number of carbonyl (C=O) groups is 1. The Bertz CT molecular complexity index is 380. The van der Waals surface area contributed by atoms with E-state index in [1.807, 2.05) is 45.2 Å². The molecule has 1 amide bonds. The Balaban J connectivity index is 2.76. The molecule has 0 bridgehead atoms. The van der Waals surface area contributed by atoms with Crippen molar-refractivity contribution in [1.82, 2.24) is 4.90 Å². The number of likely N-dealkylation sites (N-methyl/N-ethyl adjacent to an activating group) is 1. The van der Waals surface area contributed by atoms with E-state index in [9.17, 15) is 4.79 Å². The molecule has 0 aliphatic heterocycles. The van der Waals surface area contributed by atoms with Crippen LogP contribution in [0.25, 0.3) is 0 Å². The number of hydrogen-bond acceptors (Lipinski definition) is 3. The summed E-state index contributed by atoms with van der Waals surface area (Å²) in [5.41, 5.74) is 1.57. The van der Waals surface area contributed by atoms with Crippen LogP contribution in [0.3, 0.4) is 0 Å². The minimum Gasteiger partial charge on any atom is -0.387 e. The first-order chi connectivity index (χ1) is 8.74. The zero-order valence-corrected chi connectivity index (χ0v) is 11.4. The van der Waals surface area contributed by atoms with Crippen LogP contribution in [0.15, 0.2) is 24.3 Å². The van der Waals surface area contributed by atoms with Gasteiger partial charge in [0.2, 0.25) is 0 Å². The highest BCUT2D eigenvalue weighted by atomic mass is 16.5. The van der Waals surface area contributed by atoms with Crippen molar-refractivity contribution in [2.24, 2.45) is 0 Å². The third-order valence-electron chi connectivity index (χ3n) is 2.81. The van der Waals surface area contributed by atoms with E-state index in [1.165, 1.54) is 0 Å². The van der Waals surface area contributed by atoms with E-state index in [0.717, 1.165) is 5.69 Å². The minimum atomic E-state index is 0.0437. The Kier molecular flexibility index (Phi) is 6.22. The van der Waals surface area contributed by atoms with Crippen molar-refractivity contribution in [2.75, 3.05) is 38.7 Å². The zero-order valence-electron chi connectivity index (χ0n) is 11.4. The van der Waals surface area contributed by atoms with Gasteiger partial charge in [0, 0.05) is 32.4 Å². The number of amides is 1. The number of para-hydroxylation sites is 1. The number of benzene rings is 1. The van der Waals surface area contributed by atoms with Gasteiger partial charge in [-0.2, -0.15) is 0 Å². The molecule has 4 nitrogen and oxygen atoms in total. The van der Waals surface area contributed by atoms with Gasteiger partial charge in [-0.3, -0.25) is 4.79 Å². The van der Waals surface area contributed by atoms with Gasteiger partial charge in [0.15, 0.2) is 0 Å². The first-order valence-electron chi connectivity index (χ1n) is 6.38. The van der Waals surface area contributed by atoms with E-state index < -0.39 is 0 Å². The molecule has 1 aromatic rings. The van der Waals surface area contributed by atoms with Crippen LogP contribution in [-0.4, -0.2) is 44.2 Å². The van der Waals surface area contributed by atoms with Crippen molar-refractivity contribution < 1.29 is 9.53 Å². The Labute approximate surface area is 109 Å². The van der Waals surface area contributed by atoms with Gasteiger partial charge in [0.05, 0.1) is 12.2 Å². The van der Waals surface area contributed by atoms with Crippen LogP contribution in [0.5, 0.6) is 0 Å². The van der Waals surface area contributed by atoms with Gasteiger partial charge in [-0.15, -0.1) is 0 Å². The Morgan fingerprint density at radius 2 is 2.06 bits per heavy atom. The fraction of sp³-hybridized carbons (Fsp3) is 0.500. The van der Waals surface area contributed by atoms with Crippen LogP contribution < -0.4 is 5.32 Å². The van der Waals surface area contributed by atoms with E-state index in [0.29, 0.717) is 31.9 Å². The van der Waals surface area contributed by atoms with Crippen LogP contribution in [0.2, 0.25) is 0 Å². The van der Waals surface area contributed by atoms with Gasteiger partial charge in [0.25, 0.3) is 5.91 Å². The van der Waals surface area contributed by atoms with Gasteiger partial charge < -0.3 is 15.0 Å². The lowest BCUT2D eigenvalue weighted by molar-refractivity contribution is 0.0670. The molecule has 18 heavy (non-hydrogen) atoms. The summed E-state index contributed by atoms with van der Waals surface area (Å²) < 4.78 is 5.30. The zero-order chi connectivity index (χ0) is 13.4. The molecule has 4 heteroatoms. The standard InChI is InChI=1S/C14H22N2O2/c1-4-16(10-11-18-5-2)14(17)12-8-6-7-9-13(12)15-3/h6-9,15H,4-5,10-11H2,1-3H3. The Hall–Kier alpha value is -1.55. The molecule has 0 aliphatic rings. The van der Waals surface area contributed by atoms with Crippen LogP contribution in [0, 0.1) is 0 Å². The molecule has 0 aliphatic carbocycles. The molecule has 1 aromatic carbocycles. The van der Waals surface area contributed by atoms with E-state index in [1.54, 1.807) is 4.90 Å². The summed E-state index contributed by atoms with van der Waals surface area (Å²) in [7, 11) is 1.82. The lowest BCUT2D eigenvalue weighted by Crippen LogP contribution is -2.34. The molecule has 1 rings (SSSR count). The highest BCUT2D eigenvalue weighted by Crippen LogP contribution is 2.16.